The zero-order valence-corrected chi connectivity index (χ0v) is 7.79. The SMILES string of the molecule is O=C/C(=C\Cc1ccccc1)C(F)(F)F. The standard InChI is InChI=1S/C11H9F3O/c12-11(13,14)10(8-15)7-6-9-4-2-1-3-5-9/h1-5,7-8H,6H2/b10-7+. The summed E-state index contributed by atoms with van der Waals surface area (Å²) in [6.45, 7) is 0. The number of hydrogen-bond acceptors (Lipinski definition) is 1. The van der Waals surface area contributed by atoms with Gasteiger partial charge in [-0.1, -0.05) is 36.4 Å². The summed E-state index contributed by atoms with van der Waals surface area (Å²) in [4.78, 5) is 10.2. The van der Waals surface area contributed by atoms with Gasteiger partial charge in [0.25, 0.3) is 0 Å². The second kappa shape index (κ2) is 4.77. The molecule has 15 heavy (non-hydrogen) atoms. The molecular weight excluding hydrogens is 205 g/mol. The van der Waals surface area contributed by atoms with Crippen LogP contribution in [0.4, 0.5) is 13.2 Å². The lowest BCUT2D eigenvalue weighted by Gasteiger charge is -2.04. The minimum absolute atomic E-state index is 0.106. The highest BCUT2D eigenvalue weighted by Gasteiger charge is 2.32. The first kappa shape index (κ1) is 11.5. The number of rotatable bonds is 3. The Labute approximate surface area is 85.2 Å². The minimum Gasteiger partial charge on any atom is -0.298 e. The van der Waals surface area contributed by atoms with Gasteiger partial charge in [0.2, 0.25) is 0 Å². The molecule has 0 bridgehead atoms. The van der Waals surface area contributed by atoms with Crippen LogP contribution in [0.2, 0.25) is 0 Å². The molecule has 4 heteroatoms. The van der Waals surface area contributed by atoms with E-state index in [2.05, 4.69) is 0 Å². The van der Waals surface area contributed by atoms with E-state index in [1.807, 2.05) is 0 Å². The van der Waals surface area contributed by atoms with E-state index in [1.54, 1.807) is 30.3 Å². The third kappa shape index (κ3) is 3.58. The lowest BCUT2D eigenvalue weighted by molar-refractivity contribution is -0.119. The number of carbonyl (C=O) groups is 1. The summed E-state index contributed by atoms with van der Waals surface area (Å²) in [5.74, 6) is 0. The van der Waals surface area contributed by atoms with Gasteiger partial charge >= 0.3 is 6.18 Å². The molecule has 1 nitrogen and oxygen atoms in total. The van der Waals surface area contributed by atoms with Crippen LogP contribution in [-0.4, -0.2) is 12.5 Å². The molecule has 0 aliphatic rings. The van der Waals surface area contributed by atoms with Crippen LogP contribution in [0.3, 0.4) is 0 Å². The molecule has 0 heterocycles. The summed E-state index contributed by atoms with van der Waals surface area (Å²) in [6.07, 6.45) is -3.73. The monoisotopic (exact) mass is 214 g/mol. The third-order valence-electron chi connectivity index (χ3n) is 1.85. The number of benzene rings is 1. The van der Waals surface area contributed by atoms with Gasteiger partial charge in [0.15, 0.2) is 6.29 Å². The quantitative estimate of drug-likeness (QED) is 0.558. The zero-order chi connectivity index (χ0) is 11.3. The molecule has 0 aliphatic carbocycles. The van der Waals surface area contributed by atoms with E-state index in [4.69, 9.17) is 0 Å². The van der Waals surface area contributed by atoms with Gasteiger partial charge in [0.05, 0.1) is 5.57 Å². The van der Waals surface area contributed by atoms with Gasteiger partial charge in [0.1, 0.15) is 0 Å². The van der Waals surface area contributed by atoms with Crippen LogP contribution < -0.4 is 0 Å². The van der Waals surface area contributed by atoms with Crippen molar-refractivity contribution in [1.82, 2.24) is 0 Å². The van der Waals surface area contributed by atoms with E-state index in [1.165, 1.54) is 0 Å². The van der Waals surface area contributed by atoms with Crippen molar-refractivity contribution in [3.05, 3.63) is 47.5 Å². The number of aldehydes is 1. The maximum absolute atomic E-state index is 12.1. The Bertz CT molecular complexity index is 352. The van der Waals surface area contributed by atoms with Gasteiger partial charge in [-0.05, 0) is 12.0 Å². The Kier molecular flexibility index (Phi) is 3.66. The van der Waals surface area contributed by atoms with Crippen molar-refractivity contribution in [2.24, 2.45) is 0 Å². The van der Waals surface area contributed by atoms with E-state index in [-0.39, 0.29) is 12.7 Å². The average molecular weight is 214 g/mol. The average Bonchev–Trinajstić information content (AvgIpc) is 2.18. The molecule has 0 N–H and O–H groups in total. The predicted molar refractivity (Wildman–Crippen MR) is 50.3 cm³/mol. The van der Waals surface area contributed by atoms with Gasteiger partial charge in [-0.25, -0.2) is 0 Å². The first-order chi connectivity index (χ1) is 7.04. The molecule has 0 amide bonds. The fourth-order valence-electron chi connectivity index (χ4n) is 1.07. The van der Waals surface area contributed by atoms with Crippen molar-refractivity contribution in [3.63, 3.8) is 0 Å². The van der Waals surface area contributed by atoms with Crippen molar-refractivity contribution < 1.29 is 18.0 Å². The van der Waals surface area contributed by atoms with Crippen molar-refractivity contribution in [1.29, 1.82) is 0 Å². The van der Waals surface area contributed by atoms with Crippen molar-refractivity contribution in [2.75, 3.05) is 0 Å². The molecule has 0 fully saturated rings. The highest BCUT2D eigenvalue weighted by molar-refractivity contribution is 5.75. The molecule has 1 aromatic rings. The van der Waals surface area contributed by atoms with E-state index >= 15 is 0 Å². The summed E-state index contributed by atoms with van der Waals surface area (Å²) in [5.41, 5.74) is -0.396. The van der Waals surface area contributed by atoms with Gasteiger partial charge in [0, 0.05) is 0 Å². The molecule has 0 unspecified atom stereocenters. The normalized spacial score (nSPS) is 12.6. The highest BCUT2D eigenvalue weighted by Crippen LogP contribution is 2.24. The Morgan fingerprint density at radius 3 is 2.27 bits per heavy atom. The Balaban J connectivity index is 2.76. The summed E-state index contributed by atoms with van der Waals surface area (Å²) < 4.78 is 36.4. The van der Waals surface area contributed by atoms with Crippen LogP contribution in [0.1, 0.15) is 5.56 Å². The molecule has 80 valence electrons. The molecule has 1 aromatic carbocycles. The maximum Gasteiger partial charge on any atom is 0.419 e. The minimum atomic E-state index is -4.56. The van der Waals surface area contributed by atoms with Gasteiger partial charge in [-0.2, -0.15) is 13.2 Å². The van der Waals surface area contributed by atoms with Crippen LogP contribution in [-0.2, 0) is 11.2 Å². The summed E-state index contributed by atoms with van der Waals surface area (Å²) in [5, 5.41) is 0. The molecule has 0 saturated heterocycles. The number of halogens is 3. The second-order valence-electron chi connectivity index (χ2n) is 2.96. The summed E-state index contributed by atoms with van der Waals surface area (Å²) >= 11 is 0. The predicted octanol–water partition coefficient (Wildman–Crippen LogP) is 2.92. The maximum atomic E-state index is 12.1. The summed E-state index contributed by atoms with van der Waals surface area (Å²) in [6, 6.07) is 8.65. The zero-order valence-electron chi connectivity index (χ0n) is 7.79. The van der Waals surface area contributed by atoms with Crippen molar-refractivity contribution in [2.45, 2.75) is 12.6 Å². The van der Waals surface area contributed by atoms with Gasteiger partial charge in [-0.15, -0.1) is 0 Å². The molecule has 0 saturated carbocycles. The summed E-state index contributed by atoms with van der Waals surface area (Å²) in [7, 11) is 0. The van der Waals surface area contributed by atoms with Crippen LogP contribution in [0, 0.1) is 0 Å². The Morgan fingerprint density at radius 2 is 1.80 bits per heavy atom. The number of allylic oxidation sites excluding steroid dienone is 2. The van der Waals surface area contributed by atoms with Crippen molar-refractivity contribution >= 4 is 6.29 Å². The largest absolute Gasteiger partial charge is 0.419 e. The van der Waals surface area contributed by atoms with E-state index in [0.717, 1.165) is 11.6 Å². The van der Waals surface area contributed by atoms with E-state index in [9.17, 15) is 18.0 Å². The van der Waals surface area contributed by atoms with Gasteiger partial charge < -0.3 is 0 Å². The third-order valence-corrected chi connectivity index (χ3v) is 1.85. The fraction of sp³-hybridized carbons (Fsp3) is 0.182. The van der Waals surface area contributed by atoms with Crippen LogP contribution in [0.15, 0.2) is 42.0 Å². The number of carbonyl (C=O) groups excluding carboxylic acids is 1. The van der Waals surface area contributed by atoms with E-state index < -0.39 is 11.7 Å². The Morgan fingerprint density at radius 1 is 1.20 bits per heavy atom. The molecular formula is C11H9F3O. The topological polar surface area (TPSA) is 17.1 Å². The fourth-order valence-corrected chi connectivity index (χ4v) is 1.07. The first-order valence-corrected chi connectivity index (χ1v) is 4.30. The van der Waals surface area contributed by atoms with Gasteiger partial charge in [-0.3, -0.25) is 4.79 Å². The molecule has 1 rings (SSSR count). The smallest absolute Gasteiger partial charge is 0.298 e. The van der Waals surface area contributed by atoms with E-state index in [0.29, 0.717) is 0 Å². The molecule has 0 atom stereocenters. The Hall–Kier alpha value is -1.58. The number of alkyl halides is 3. The molecule has 0 aliphatic heterocycles. The lowest BCUT2D eigenvalue weighted by atomic mass is 10.1. The van der Waals surface area contributed by atoms with Crippen LogP contribution >= 0.6 is 0 Å². The molecule has 0 radical (unpaired) electrons. The molecule has 0 aromatic heterocycles. The lowest BCUT2D eigenvalue weighted by Crippen LogP contribution is -2.13. The molecule has 0 spiro atoms. The highest BCUT2D eigenvalue weighted by atomic mass is 19.4. The second-order valence-corrected chi connectivity index (χ2v) is 2.96. The number of hydrogen-bond donors (Lipinski definition) is 0. The van der Waals surface area contributed by atoms with Crippen LogP contribution in [0.5, 0.6) is 0 Å². The first-order valence-electron chi connectivity index (χ1n) is 4.30. The van der Waals surface area contributed by atoms with Crippen LogP contribution in [0.25, 0.3) is 0 Å². The van der Waals surface area contributed by atoms with Crippen molar-refractivity contribution in [3.8, 4) is 0 Å².